The molecule has 1 aromatic heterocycles. The third-order valence-corrected chi connectivity index (χ3v) is 3.35. The number of carbonyl (C=O) groups excluding carboxylic acids is 1. The van der Waals surface area contributed by atoms with Crippen LogP contribution < -0.4 is 5.73 Å². The fourth-order valence-corrected chi connectivity index (χ4v) is 2.25. The summed E-state index contributed by atoms with van der Waals surface area (Å²) in [5, 5.41) is 0.598. The van der Waals surface area contributed by atoms with Gasteiger partial charge in [-0.25, -0.2) is 0 Å². The van der Waals surface area contributed by atoms with Gasteiger partial charge in [0.1, 0.15) is 12.1 Å². The molecule has 7 heteroatoms. The minimum absolute atomic E-state index is 0.0910. The van der Waals surface area contributed by atoms with Crippen LogP contribution in [0.4, 0.5) is 18.9 Å². The predicted octanol–water partition coefficient (Wildman–Crippen LogP) is 3.18. The molecule has 0 unspecified atom stereocenters. The second kappa shape index (κ2) is 4.68. The number of hydrogen-bond donors (Lipinski definition) is 1. The van der Waals surface area contributed by atoms with Crippen LogP contribution in [-0.4, -0.2) is 29.6 Å². The average Bonchev–Trinajstić information content (AvgIpc) is 3.13. The number of anilines is 1. The van der Waals surface area contributed by atoms with Crippen molar-refractivity contribution < 1.29 is 22.4 Å². The molecule has 4 nitrogen and oxygen atoms in total. The zero-order chi connectivity index (χ0) is 15.2. The molecule has 0 aliphatic heterocycles. The maximum absolute atomic E-state index is 12.6. The summed E-state index contributed by atoms with van der Waals surface area (Å²) in [5.74, 6) is -0.823. The Labute approximate surface area is 118 Å². The van der Waals surface area contributed by atoms with Gasteiger partial charge in [-0.3, -0.25) is 4.79 Å². The van der Waals surface area contributed by atoms with Gasteiger partial charge >= 0.3 is 6.18 Å². The number of fused-ring (bicyclic) bond motifs is 1. The van der Waals surface area contributed by atoms with Crippen molar-refractivity contribution in [3.05, 3.63) is 30.0 Å². The van der Waals surface area contributed by atoms with Crippen LogP contribution in [0.15, 0.2) is 28.7 Å². The van der Waals surface area contributed by atoms with E-state index in [1.54, 1.807) is 18.2 Å². The maximum atomic E-state index is 12.6. The highest BCUT2D eigenvalue weighted by atomic mass is 19.4. The summed E-state index contributed by atoms with van der Waals surface area (Å²) in [4.78, 5) is 13.1. The highest BCUT2D eigenvalue weighted by Gasteiger charge is 2.41. The van der Waals surface area contributed by atoms with Crippen molar-refractivity contribution in [2.45, 2.75) is 25.1 Å². The lowest BCUT2D eigenvalue weighted by Gasteiger charge is -2.22. The molecule has 112 valence electrons. The van der Waals surface area contributed by atoms with Gasteiger partial charge in [-0.1, -0.05) is 0 Å². The van der Waals surface area contributed by atoms with Crippen LogP contribution in [0.25, 0.3) is 11.0 Å². The molecule has 1 saturated carbocycles. The number of nitrogen functional groups attached to an aromatic ring is 1. The van der Waals surface area contributed by atoms with Crippen molar-refractivity contribution in [2.24, 2.45) is 0 Å². The Hall–Kier alpha value is -2.18. The van der Waals surface area contributed by atoms with Gasteiger partial charge < -0.3 is 15.1 Å². The van der Waals surface area contributed by atoms with Crippen molar-refractivity contribution >= 4 is 22.6 Å². The first-order valence-electron chi connectivity index (χ1n) is 6.50. The first-order chi connectivity index (χ1) is 9.83. The smallest absolute Gasteiger partial charge is 0.406 e. The molecule has 1 aliphatic carbocycles. The molecule has 2 N–H and O–H groups in total. The number of nitrogens with zero attached hydrogens (tertiary/aromatic N) is 1. The van der Waals surface area contributed by atoms with Crippen molar-refractivity contribution in [1.29, 1.82) is 0 Å². The van der Waals surface area contributed by atoms with Crippen molar-refractivity contribution in [3.8, 4) is 0 Å². The maximum Gasteiger partial charge on any atom is 0.406 e. The number of nitrogens with two attached hydrogens (primary N) is 1. The van der Waals surface area contributed by atoms with Crippen molar-refractivity contribution in [3.63, 3.8) is 0 Å². The van der Waals surface area contributed by atoms with Crippen LogP contribution in [0, 0.1) is 0 Å². The molecule has 2 aromatic rings. The van der Waals surface area contributed by atoms with E-state index in [1.807, 2.05) is 0 Å². The normalized spacial score (nSPS) is 15.4. The van der Waals surface area contributed by atoms with Gasteiger partial charge in [0.15, 0.2) is 5.76 Å². The molecule has 3 rings (SSSR count). The van der Waals surface area contributed by atoms with Crippen LogP contribution in [-0.2, 0) is 0 Å². The van der Waals surface area contributed by atoms with E-state index >= 15 is 0 Å². The Morgan fingerprint density at radius 1 is 1.33 bits per heavy atom. The standard InChI is InChI=1S/C14H13F3N2O2/c15-14(16,17)7-19(10-2-3-10)13(20)12-6-8-5-9(18)1-4-11(8)21-12/h1,4-6,10H,2-3,7,18H2. The van der Waals surface area contributed by atoms with E-state index in [1.165, 1.54) is 6.07 Å². The van der Waals surface area contributed by atoms with E-state index in [0.717, 1.165) is 4.90 Å². The topological polar surface area (TPSA) is 59.5 Å². The van der Waals surface area contributed by atoms with Crippen molar-refractivity contribution in [2.75, 3.05) is 12.3 Å². The molecular formula is C14H13F3N2O2. The lowest BCUT2D eigenvalue weighted by molar-refractivity contribution is -0.141. The molecule has 0 radical (unpaired) electrons. The lowest BCUT2D eigenvalue weighted by Crippen LogP contribution is -2.40. The average molecular weight is 298 g/mol. The minimum Gasteiger partial charge on any atom is -0.451 e. The number of halogens is 3. The van der Waals surface area contributed by atoms with Crippen LogP contribution in [0.5, 0.6) is 0 Å². The van der Waals surface area contributed by atoms with Gasteiger partial charge in [-0.2, -0.15) is 13.2 Å². The van der Waals surface area contributed by atoms with Crippen LogP contribution in [0.1, 0.15) is 23.4 Å². The zero-order valence-corrected chi connectivity index (χ0v) is 11.0. The highest BCUT2D eigenvalue weighted by Crippen LogP contribution is 2.32. The molecule has 0 saturated heterocycles. The number of rotatable bonds is 3. The number of benzene rings is 1. The van der Waals surface area contributed by atoms with E-state index < -0.39 is 18.6 Å². The number of hydrogen-bond acceptors (Lipinski definition) is 3. The van der Waals surface area contributed by atoms with E-state index in [4.69, 9.17) is 10.2 Å². The first kappa shape index (κ1) is 13.8. The van der Waals surface area contributed by atoms with E-state index in [-0.39, 0.29) is 11.8 Å². The fraction of sp³-hybridized carbons (Fsp3) is 0.357. The Morgan fingerprint density at radius 3 is 2.67 bits per heavy atom. The Morgan fingerprint density at radius 2 is 2.05 bits per heavy atom. The predicted molar refractivity (Wildman–Crippen MR) is 70.7 cm³/mol. The van der Waals surface area contributed by atoms with E-state index in [2.05, 4.69) is 0 Å². The second-order valence-electron chi connectivity index (χ2n) is 5.19. The Kier molecular flexibility index (Phi) is 3.07. The molecule has 1 amide bonds. The number of alkyl halides is 3. The van der Waals surface area contributed by atoms with Gasteiger partial charge in [-0.15, -0.1) is 0 Å². The molecule has 1 aromatic carbocycles. The molecule has 0 spiro atoms. The largest absolute Gasteiger partial charge is 0.451 e. The first-order valence-corrected chi connectivity index (χ1v) is 6.50. The summed E-state index contributed by atoms with van der Waals surface area (Å²) in [5.41, 5.74) is 6.55. The SMILES string of the molecule is Nc1ccc2oc(C(=O)N(CC(F)(F)F)C3CC3)cc2c1. The van der Waals surface area contributed by atoms with Gasteiger partial charge in [0.05, 0.1) is 0 Å². The van der Waals surface area contributed by atoms with Gasteiger partial charge in [0, 0.05) is 17.1 Å². The third kappa shape index (κ3) is 2.96. The van der Waals surface area contributed by atoms with Gasteiger partial charge in [0.2, 0.25) is 0 Å². The summed E-state index contributed by atoms with van der Waals surface area (Å²) < 4.78 is 43.1. The molecule has 1 fully saturated rings. The lowest BCUT2D eigenvalue weighted by atomic mass is 10.2. The van der Waals surface area contributed by atoms with Gasteiger partial charge in [0.25, 0.3) is 5.91 Å². The quantitative estimate of drug-likeness (QED) is 0.885. The summed E-state index contributed by atoms with van der Waals surface area (Å²) in [6.45, 7) is -1.25. The monoisotopic (exact) mass is 298 g/mol. The van der Waals surface area contributed by atoms with Crippen LogP contribution >= 0.6 is 0 Å². The molecular weight excluding hydrogens is 285 g/mol. The zero-order valence-electron chi connectivity index (χ0n) is 11.0. The molecule has 0 bridgehead atoms. The number of carbonyl (C=O) groups is 1. The summed E-state index contributed by atoms with van der Waals surface area (Å²) in [7, 11) is 0. The van der Waals surface area contributed by atoms with E-state index in [9.17, 15) is 18.0 Å². The number of amides is 1. The number of furan rings is 1. The summed E-state index contributed by atoms with van der Waals surface area (Å²) in [6, 6.07) is 5.89. The van der Waals surface area contributed by atoms with Crippen molar-refractivity contribution in [1.82, 2.24) is 4.90 Å². The molecule has 1 aliphatic rings. The fourth-order valence-electron chi connectivity index (χ4n) is 2.25. The third-order valence-electron chi connectivity index (χ3n) is 3.35. The van der Waals surface area contributed by atoms with Gasteiger partial charge in [-0.05, 0) is 37.1 Å². The summed E-state index contributed by atoms with van der Waals surface area (Å²) >= 11 is 0. The van der Waals surface area contributed by atoms with Crippen LogP contribution in [0.2, 0.25) is 0 Å². The highest BCUT2D eigenvalue weighted by molar-refractivity contribution is 5.97. The molecule has 1 heterocycles. The Balaban J connectivity index is 1.90. The van der Waals surface area contributed by atoms with E-state index in [0.29, 0.717) is 29.5 Å². The second-order valence-corrected chi connectivity index (χ2v) is 5.19. The van der Waals surface area contributed by atoms with Crippen LogP contribution in [0.3, 0.4) is 0 Å². The summed E-state index contributed by atoms with van der Waals surface area (Å²) in [6.07, 6.45) is -3.24. The Bertz CT molecular complexity index is 689. The minimum atomic E-state index is -4.42. The molecule has 0 atom stereocenters. The molecule has 21 heavy (non-hydrogen) atoms.